The maximum atomic E-state index is 13.1. The van der Waals surface area contributed by atoms with E-state index in [2.05, 4.69) is 9.97 Å². The second kappa shape index (κ2) is 4.96. The lowest BCUT2D eigenvalue weighted by atomic mass is 9.92. The highest BCUT2D eigenvalue weighted by molar-refractivity contribution is 6.28. The van der Waals surface area contributed by atoms with E-state index in [1.807, 2.05) is 6.92 Å². The van der Waals surface area contributed by atoms with Crippen LogP contribution >= 0.6 is 11.6 Å². The van der Waals surface area contributed by atoms with Crippen molar-refractivity contribution in [1.82, 2.24) is 9.97 Å². The van der Waals surface area contributed by atoms with Crippen LogP contribution in [0.5, 0.6) is 0 Å². The van der Waals surface area contributed by atoms with Crippen molar-refractivity contribution in [3.05, 3.63) is 53.2 Å². The van der Waals surface area contributed by atoms with Crippen molar-refractivity contribution < 1.29 is 13.9 Å². The summed E-state index contributed by atoms with van der Waals surface area (Å²) in [7, 11) is 0. The first-order valence-corrected chi connectivity index (χ1v) is 6.60. The molecular formula is C14H11ClFN3O2. The summed E-state index contributed by atoms with van der Waals surface area (Å²) in [6.07, 6.45) is 0.929. The Morgan fingerprint density at radius 1 is 1.33 bits per heavy atom. The summed E-state index contributed by atoms with van der Waals surface area (Å²) in [4.78, 5) is 21.3. The molecule has 2 heterocycles. The van der Waals surface area contributed by atoms with Crippen LogP contribution in [0, 0.1) is 5.82 Å². The van der Waals surface area contributed by atoms with Gasteiger partial charge in [0.2, 0.25) is 5.28 Å². The summed E-state index contributed by atoms with van der Waals surface area (Å²) in [6.45, 7) is 1.96. The Bertz CT molecular complexity index is 695. The molecular weight excluding hydrogens is 297 g/mol. The molecule has 1 unspecified atom stereocenters. The average Bonchev–Trinajstić information content (AvgIpc) is 2.76. The molecule has 3 rings (SSSR count). The fraction of sp³-hybridized carbons (Fsp3) is 0.214. The third kappa shape index (κ3) is 2.31. The van der Waals surface area contributed by atoms with Crippen LogP contribution in [0.3, 0.4) is 0 Å². The number of hydrogen-bond acceptors (Lipinski definition) is 4. The van der Waals surface area contributed by atoms with E-state index in [4.69, 9.17) is 16.3 Å². The van der Waals surface area contributed by atoms with E-state index in [-0.39, 0.29) is 17.7 Å². The number of carbonyl (C=O) groups excluding carboxylic acids is 1. The molecule has 2 aromatic rings. The number of benzene rings is 1. The predicted octanol–water partition coefficient (Wildman–Crippen LogP) is 3.14. The molecule has 1 fully saturated rings. The quantitative estimate of drug-likeness (QED) is 0.800. The van der Waals surface area contributed by atoms with Gasteiger partial charge in [-0.2, -0.15) is 0 Å². The van der Waals surface area contributed by atoms with Crippen molar-refractivity contribution >= 4 is 23.5 Å². The van der Waals surface area contributed by atoms with Crippen molar-refractivity contribution in [2.24, 2.45) is 0 Å². The molecule has 1 aliphatic rings. The first-order valence-electron chi connectivity index (χ1n) is 6.22. The molecule has 0 radical (unpaired) electrons. The van der Waals surface area contributed by atoms with Gasteiger partial charge in [0.25, 0.3) is 0 Å². The normalized spacial score (nSPS) is 21.5. The van der Waals surface area contributed by atoms with Gasteiger partial charge in [-0.05, 0) is 42.3 Å². The van der Waals surface area contributed by atoms with Gasteiger partial charge in [-0.1, -0.05) is 12.1 Å². The van der Waals surface area contributed by atoms with Gasteiger partial charge < -0.3 is 4.74 Å². The van der Waals surface area contributed by atoms with Gasteiger partial charge in [0.15, 0.2) is 0 Å². The number of anilines is 1. The minimum absolute atomic E-state index is 0.0358. The summed E-state index contributed by atoms with van der Waals surface area (Å²) in [5, 5.41) is 0.0358. The van der Waals surface area contributed by atoms with Gasteiger partial charge >= 0.3 is 6.09 Å². The molecule has 7 heteroatoms. The molecule has 1 aromatic heterocycles. The van der Waals surface area contributed by atoms with E-state index >= 15 is 0 Å². The minimum atomic E-state index is -0.789. The second-order valence-electron chi connectivity index (χ2n) is 4.85. The molecule has 0 N–H and O–H groups in total. The highest BCUT2D eigenvalue weighted by Gasteiger charge is 2.46. The van der Waals surface area contributed by atoms with E-state index in [0.29, 0.717) is 5.82 Å². The number of amides is 1. The molecule has 5 nitrogen and oxygen atoms in total. The van der Waals surface area contributed by atoms with Crippen molar-refractivity contribution in [2.75, 3.05) is 11.5 Å². The molecule has 0 spiro atoms. The van der Waals surface area contributed by atoms with Crippen LogP contribution in [-0.2, 0) is 10.3 Å². The number of ether oxygens (including phenoxy) is 1. The molecule has 0 aliphatic carbocycles. The molecule has 1 atom stereocenters. The Morgan fingerprint density at radius 2 is 2.05 bits per heavy atom. The van der Waals surface area contributed by atoms with Crippen LogP contribution in [0.15, 0.2) is 36.5 Å². The Kier molecular flexibility index (Phi) is 3.25. The highest BCUT2D eigenvalue weighted by Crippen LogP contribution is 2.37. The van der Waals surface area contributed by atoms with Crippen LogP contribution < -0.4 is 4.90 Å². The molecule has 108 valence electrons. The zero-order chi connectivity index (χ0) is 15.0. The lowest BCUT2D eigenvalue weighted by Crippen LogP contribution is -2.42. The highest BCUT2D eigenvalue weighted by atomic mass is 35.5. The second-order valence-corrected chi connectivity index (χ2v) is 5.19. The van der Waals surface area contributed by atoms with Gasteiger partial charge in [0, 0.05) is 6.20 Å². The van der Waals surface area contributed by atoms with E-state index < -0.39 is 11.6 Å². The van der Waals surface area contributed by atoms with Crippen molar-refractivity contribution in [2.45, 2.75) is 12.5 Å². The molecule has 0 saturated carbocycles. The van der Waals surface area contributed by atoms with E-state index in [9.17, 15) is 9.18 Å². The Labute approximate surface area is 125 Å². The monoisotopic (exact) mass is 307 g/mol. The van der Waals surface area contributed by atoms with Gasteiger partial charge in [0.05, 0.1) is 0 Å². The Hall–Kier alpha value is -2.21. The minimum Gasteiger partial charge on any atom is -0.446 e. The Balaban J connectivity index is 2.08. The van der Waals surface area contributed by atoms with Crippen LogP contribution in [0.25, 0.3) is 0 Å². The summed E-state index contributed by atoms with van der Waals surface area (Å²) in [5.41, 5.74) is -0.0490. The lowest BCUT2D eigenvalue weighted by Gasteiger charge is -2.31. The molecule has 1 aliphatic heterocycles. The van der Waals surface area contributed by atoms with Crippen LogP contribution in [0.4, 0.5) is 15.0 Å². The summed E-state index contributed by atoms with van der Waals surface area (Å²) in [6, 6.07) is 7.49. The molecule has 0 bridgehead atoms. The smallest absolute Gasteiger partial charge is 0.416 e. The van der Waals surface area contributed by atoms with Crippen LogP contribution in [-0.4, -0.2) is 22.7 Å². The number of rotatable bonds is 2. The average molecular weight is 308 g/mol. The summed E-state index contributed by atoms with van der Waals surface area (Å²) in [5.74, 6) is -0.00597. The predicted molar refractivity (Wildman–Crippen MR) is 74.6 cm³/mol. The maximum absolute atomic E-state index is 13.1. The number of carbonyl (C=O) groups is 1. The third-order valence-corrected chi connectivity index (χ3v) is 3.64. The zero-order valence-electron chi connectivity index (χ0n) is 11.1. The third-order valence-electron chi connectivity index (χ3n) is 3.46. The first-order chi connectivity index (χ1) is 10.0. The molecule has 1 aromatic carbocycles. The number of hydrogen-bond donors (Lipinski definition) is 0. The molecule has 1 saturated heterocycles. The topological polar surface area (TPSA) is 55.3 Å². The fourth-order valence-corrected chi connectivity index (χ4v) is 2.49. The van der Waals surface area contributed by atoms with E-state index in [1.54, 1.807) is 18.2 Å². The van der Waals surface area contributed by atoms with Gasteiger partial charge in [-0.15, -0.1) is 0 Å². The summed E-state index contributed by atoms with van der Waals surface area (Å²) >= 11 is 5.78. The number of halogens is 2. The van der Waals surface area contributed by atoms with E-state index in [0.717, 1.165) is 5.56 Å². The standard InChI is InChI=1S/C14H11ClFN3O2/c1-14(9-2-4-10(16)5-3-9)8-21-13(20)19(14)11-6-7-17-12(15)18-11/h2-7H,8H2,1H3. The SMILES string of the molecule is CC1(c2ccc(F)cc2)COC(=O)N1c1ccnc(Cl)n1. The van der Waals surface area contributed by atoms with Crippen LogP contribution in [0.2, 0.25) is 5.28 Å². The zero-order valence-corrected chi connectivity index (χ0v) is 11.8. The summed E-state index contributed by atoms with van der Waals surface area (Å²) < 4.78 is 18.2. The first kappa shape index (κ1) is 13.8. The number of aromatic nitrogens is 2. The molecule has 1 amide bonds. The van der Waals surface area contributed by atoms with Gasteiger partial charge in [0.1, 0.15) is 23.8 Å². The number of cyclic esters (lactones) is 1. The molecule has 21 heavy (non-hydrogen) atoms. The fourth-order valence-electron chi connectivity index (χ4n) is 2.35. The Morgan fingerprint density at radius 3 is 2.71 bits per heavy atom. The van der Waals surface area contributed by atoms with Crippen molar-refractivity contribution in [1.29, 1.82) is 0 Å². The number of nitrogens with zero attached hydrogens (tertiary/aromatic N) is 3. The van der Waals surface area contributed by atoms with Gasteiger partial charge in [-0.3, -0.25) is 0 Å². The van der Waals surface area contributed by atoms with Crippen molar-refractivity contribution in [3.8, 4) is 0 Å². The van der Waals surface area contributed by atoms with Crippen molar-refractivity contribution in [3.63, 3.8) is 0 Å². The maximum Gasteiger partial charge on any atom is 0.416 e. The van der Waals surface area contributed by atoms with Gasteiger partial charge in [-0.25, -0.2) is 24.1 Å². The van der Waals surface area contributed by atoms with E-state index in [1.165, 1.54) is 23.2 Å². The largest absolute Gasteiger partial charge is 0.446 e. The lowest BCUT2D eigenvalue weighted by molar-refractivity contribution is 0.174. The van der Waals surface area contributed by atoms with Crippen LogP contribution in [0.1, 0.15) is 12.5 Å².